The van der Waals surface area contributed by atoms with Crippen LogP contribution in [0.4, 0.5) is 0 Å². The van der Waals surface area contributed by atoms with E-state index in [1.807, 2.05) is 0 Å². The van der Waals surface area contributed by atoms with Gasteiger partial charge in [0.15, 0.2) is 11.5 Å². The van der Waals surface area contributed by atoms with Crippen LogP contribution in [0.2, 0.25) is 0 Å². The Hall–Kier alpha value is -3.33. The number of ether oxygens (including phenoxy) is 2. The second-order valence-corrected chi connectivity index (χ2v) is 5.21. The molecule has 1 N–H and O–H groups in total. The van der Waals surface area contributed by atoms with Crippen LogP contribution in [-0.2, 0) is 4.79 Å². The van der Waals surface area contributed by atoms with Crippen molar-refractivity contribution >= 4 is 11.8 Å². The summed E-state index contributed by atoms with van der Waals surface area (Å²) in [5.41, 5.74) is 0.912. The first kappa shape index (κ1) is 18.0. The fourth-order valence-corrected chi connectivity index (χ4v) is 2.44. The average Bonchev–Trinajstić information content (AvgIpc) is 2.65. The highest BCUT2D eigenvalue weighted by Gasteiger charge is 2.22. The Morgan fingerprint density at radius 3 is 2.40 bits per heavy atom. The summed E-state index contributed by atoms with van der Waals surface area (Å²) < 4.78 is 10.5. The van der Waals surface area contributed by atoms with Crippen molar-refractivity contribution in [3.05, 3.63) is 59.7 Å². The van der Waals surface area contributed by atoms with Gasteiger partial charge >= 0.3 is 0 Å². The summed E-state index contributed by atoms with van der Waals surface area (Å²) >= 11 is 0. The van der Waals surface area contributed by atoms with Gasteiger partial charge in [0, 0.05) is 17.5 Å². The second kappa shape index (κ2) is 8.50. The van der Waals surface area contributed by atoms with Gasteiger partial charge in [0.05, 0.1) is 26.2 Å². The van der Waals surface area contributed by atoms with Crippen molar-refractivity contribution in [2.75, 3.05) is 14.2 Å². The number of amides is 2. The molecule has 0 aliphatic carbocycles. The highest BCUT2D eigenvalue weighted by atomic mass is 16.5. The number of nitrogens with one attached hydrogen (secondary N) is 1. The summed E-state index contributed by atoms with van der Waals surface area (Å²) in [5.74, 6) is -0.932. The molecule has 25 heavy (non-hydrogen) atoms. The summed E-state index contributed by atoms with van der Waals surface area (Å²) in [4.78, 5) is 24.2. The van der Waals surface area contributed by atoms with Gasteiger partial charge in [0.1, 0.15) is 0 Å². The molecule has 0 aliphatic rings. The molecule has 0 spiro atoms. The number of rotatable bonds is 6. The molecule has 2 aromatic rings. The van der Waals surface area contributed by atoms with Gasteiger partial charge < -0.3 is 9.47 Å². The minimum Gasteiger partial charge on any atom is -0.493 e. The van der Waals surface area contributed by atoms with Gasteiger partial charge in [-0.2, -0.15) is 5.26 Å². The van der Waals surface area contributed by atoms with E-state index in [0.29, 0.717) is 22.6 Å². The Bertz CT molecular complexity index is 797. The third-order valence-electron chi connectivity index (χ3n) is 3.64. The standard InChI is InChI=1S/C19H18N2O4/c1-24-16-10-6-9-15(18(16)25-2)14(12-20)11-17(22)21-19(23)13-7-4-3-5-8-13/h3-10,14H,11H2,1-2H3,(H,21,22,23). The molecule has 0 aliphatic heterocycles. The highest BCUT2D eigenvalue weighted by Crippen LogP contribution is 2.36. The highest BCUT2D eigenvalue weighted by molar-refractivity contribution is 6.04. The van der Waals surface area contributed by atoms with Crippen LogP contribution in [0, 0.1) is 11.3 Å². The average molecular weight is 338 g/mol. The summed E-state index contributed by atoms with van der Waals surface area (Å²) in [7, 11) is 2.96. The van der Waals surface area contributed by atoms with Gasteiger partial charge in [-0.1, -0.05) is 30.3 Å². The molecule has 0 aromatic heterocycles. The molecule has 1 unspecified atom stereocenters. The van der Waals surface area contributed by atoms with Gasteiger partial charge in [0.25, 0.3) is 5.91 Å². The molecule has 0 bridgehead atoms. The van der Waals surface area contributed by atoms with E-state index in [-0.39, 0.29) is 6.42 Å². The summed E-state index contributed by atoms with van der Waals surface area (Å²) in [6.45, 7) is 0. The summed E-state index contributed by atoms with van der Waals surface area (Å²) in [6, 6.07) is 15.6. The topological polar surface area (TPSA) is 88.4 Å². The summed E-state index contributed by atoms with van der Waals surface area (Å²) in [5, 5.41) is 11.7. The van der Waals surface area contributed by atoms with Crippen molar-refractivity contribution in [2.24, 2.45) is 0 Å². The van der Waals surface area contributed by atoms with Gasteiger partial charge in [-0.25, -0.2) is 0 Å². The number of nitrogens with zero attached hydrogens (tertiary/aromatic N) is 1. The lowest BCUT2D eigenvalue weighted by Crippen LogP contribution is -2.31. The molecular weight excluding hydrogens is 320 g/mol. The molecular formula is C19H18N2O4. The Balaban J connectivity index is 2.14. The van der Waals surface area contributed by atoms with Crippen molar-refractivity contribution in [1.29, 1.82) is 5.26 Å². The number of methoxy groups -OCH3 is 2. The van der Waals surface area contributed by atoms with E-state index >= 15 is 0 Å². The molecule has 2 rings (SSSR count). The number of carbonyl (C=O) groups excluding carboxylic acids is 2. The van der Waals surface area contributed by atoms with Crippen LogP contribution >= 0.6 is 0 Å². The fraction of sp³-hybridized carbons (Fsp3) is 0.211. The lowest BCUT2D eigenvalue weighted by Gasteiger charge is -2.16. The number of para-hydroxylation sites is 1. The monoisotopic (exact) mass is 338 g/mol. The zero-order chi connectivity index (χ0) is 18.2. The van der Waals surface area contributed by atoms with E-state index in [4.69, 9.17) is 9.47 Å². The summed E-state index contributed by atoms with van der Waals surface area (Å²) in [6.07, 6.45) is -0.168. The van der Waals surface area contributed by atoms with Crippen LogP contribution in [0.1, 0.15) is 28.3 Å². The normalized spacial score (nSPS) is 11.1. The third kappa shape index (κ3) is 4.36. The molecule has 0 saturated heterocycles. The van der Waals surface area contributed by atoms with Crippen LogP contribution < -0.4 is 14.8 Å². The first-order valence-electron chi connectivity index (χ1n) is 7.60. The number of imide groups is 1. The lowest BCUT2D eigenvalue weighted by molar-refractivity contribution is -0.120. The van der Waals surface area contributed by atoms with E-state index in [2.05, 4.69) is 11.4 Å². The lowest BCUT2D eigenvalue weighted by atomic mass is 9.95. The van der Waals surface area contributed by atoms with E-state index < -0.39 is 17.7 Å². The van der Waals surface area contributed by atoms with E-state index in [0.717, 1.165) is 0 Å². The Kier molecular flexibility index (Phi) is 6.13. The van der Waals surface area contributed by atoms with Gasteiger partial charge in [0.2, 0.25) is 5.91 Å². The van der Waals surface area contributed by atoms with Crippen LogP contribution in [-0.4, -0.2) is 26.0 Å². The minimum atomic E-state index is -0.770. The molecule has 2 aromatic carbocycles. The largest absolute Gasteiger partial charge is 0.493 e. The zero-order valence-corrected chi connectivity index (χ0v) is 14.0. The fourth-order valence-electron chi connectivity index (χ4n) is 2.44. The molecule has 0 radical (unpaired) electrons. The van der Waals surface area contributed by atoms with Gasteiger partial charge in [-0.15, -0.1) is 0 Å². The zero-order valence-electron chi connectivity index (χ0n) is 14.0. The van der Waals surface area contributed by atoms with Crippen molar-refractivity contribution in [1.82, 2.24) is 5.32 Å². The Labute approximate surface area is 146 Å². The molecule has 0 heterocycles. The molecule has 6 nitrogen and oxygen atoms in total. The molecule has 0 saturated carbocycles. The molecule has 1 atom stereocenters. The van der Waals surface area contributed by atoms with E-state index in [1.54, 1.807) is 48.5 Å². The van der Waals surface area contributed by atoms with Crippen molar-refractivity contribution in [3.63, 3.8) is 0 Å². The van der Waals surface area contributed by atoms with Crippen LogP contribution in [0.25, 0.3) is 0 Å². The smallest absolute Gasteiger partial charge is 0.257 e. The number of carbonyl (C=O) groups is 2. The predicted molar refractivity (Wildman–Crippen MR) is 91.4 cm³/mol. The van der Waals surface area contributed by atoms with Crippen LogP contribution in [0.5, 0.6) is 11.5 Å². The van der Waals surface area contributed by atoms with E-state index in [1.165, 1.54) is 14.2 Å². The number of hydrogen-bond acceptors (Lipinski definition) is 5. The first-order valence-corrected chi connectivity index (χ1v) is 7.60. The Morgan fingerprint density at radius 2 is 1.80 bits per heavy atom. The number of hydrogen-bond donors (Lipinski definition) is 1. The maximum absolute atomic E-state index is 12.2. The predicted octanol–water partition coefficient (Wildman–Crippen LogP) is 2.66. The number of benzene rings is 2. The maximum Gasteiger partial charge on any atom is 0.257 e. The molecule has 0 fully saturated rings. The molecule has 2 amide bonds. The Morgan fingerprint density at radius 1 is 1.08 bits per heavy atom. The minimum absolute atomic E-state index is 0.168. The van der Waals surface area contributed by atoms with Crippen molar-refractivity contribution in [2.45, 2.75) is 12.3 Å². The van der Waals surface area contributed by atoms with E-state index in [9.17, 15) is 14.9 Å². The van der Waals surface area contributed by atoms with Crippen LogP contribution in [0.3, 0.4) is 0 Å². The van der Waals surface area contributed by atoms with Crippen LogP contribution in [0.15, 0.2) is 48.5 Å². The van der Waals surface area contributed by atoms with Crippen molar-refractivity contribution < 1.29 is 19.1 Å². The maximum atomic E-state index is 12.2. The number of nitriles is 1. The van der Waals surface area contributed by atoms with Crippen molar-refractivity contribution in [3.8, 4) is 17.6 Å². The van der Waals surface area contributed by atoms with Gasteiger partial charge in [-0.3, -0.25) is 14.9 Å². The third-order valence-corrected chi connectivity index (χ3v) is 3.64. The SMILES string of the molecule is COc1cccc(C(C#N)CC(=O)NC(=O)c2ccccc2)c1OC. The van der Waals surface area contributed by atoms with Gasteiger partial charge in [-0.05, 0) is 18.2 Å². The second-order valence-electron chi connectivity index (χ2n) is 5.21. The first-order chi connectivity index (χ1) is 12.1. The molecule has 6 heteroatoms. The molecule has 128 valence electrons. The quantitative estimate of drug-likeness (QED) is 0.875.